The van der Waals surface area contributed by atoms with Crippen LogP contribution in [-0.2, 0) is 4.74 Å². The van der Waals surface area contributed by atoms with Crippen molar-refractivity contribution >= 4 is 6.09 Å². The van der Waals surface area contributed by atoms with Gasteiger partial charge in [-0.05, 0) is 33.8 Å². The standard InChI is InChI=1S/C17H26N2O3/c1-5-21-15-9-7-6-8-12(15)13-10-18-11-14(13)19-16(20)22-17(2,3)4/h6-9,13-14,18H,5,10-11H2,1-4H3,(H,19,20). The zero-order chi connectivity index (χ0) is 16.2. The summed E-state index contributed by atoms with van der Waals surface area (Å²) in [7, 11) is 0. The molecule has 2 rings (SSSR count). The minimum atomic E-state index is -0.491. The molecule has 1 aliphatic rings. The molecule has 122 valence electrons. The topological polar surface area (TPSA) is 59.6 Å². The monoisotopic (exact) mass is 306 g/mol. The molecule has 1 aromatic carbocycles. The molecular formula is C17H26N2O3. The van der Waals surface area contributed by atoms with Crippen molar-refractivity contribution < 1.29 is 14.3 Å². The molecule has 1 fully saturated rings. The van der Waals surface area contributed by atoms with Crippen LogP contribution < -0.4 is 15.4 Å². The van der Waals surface area contributed by atoms with Crippen LogP contribution in [0.25, 0.3) is 0 Å². The molecular weight excluding hydrogens is 280 g/mol. The number of ether oxygens (including phenoxy) is 2. The lowest BCUT2D eigenvalue weighted by Gasteiger charge is -2.25. The van der Waals surface area contributed by atoms with Crippen molar-refractivity contribution in [3.8, 4) is 5.75 Å². The van der Waals surface area contributed by atoms with Crippen LogP contribution >= 0.6 is 0 Å². The van der Waals surface area contributed by atoms with E-state index >= 15 is 0 Å². The van der Waals surface area contributed by atoms with Gasteiger partial charge in [0.15, 0.2) is 0 Å². The maximum absolute atomic E-state index is 12.0. The largest absolute Gasteiger partial charge is 0.494 e. The molecule has 2 unspecified atom stereocenters. The number of benzene rings is 1. The summed E-state index contributed by atoms with van der Waals surface area (Å²) in [5.41, 5.74) is 0.630. The van der Waals surface area contributed by atoms with Crippen LogP contribution in [0.1, 0.15) is 39.2 Å². The van der Waals surface area contributed by atoms with E-state index in [4.69, 9.17) is 9.47 Å². The Kier molecular flexibility index (Phi) is 5.29. The van der Waals surface area contributed by atoms with Crippen LogP contribution in [-0.4, -0.2) is 37.4 Å². The van der Waals surface area contributed by atoms with E-state index < -0.39 is 5.60 Å². The number of para-hydroxylation sites is 1. The average Bonchev–Trinajstić information content (AvgIpc) is 2.85. The summed E-state index contributed by atoms with van der Waals surface area (Å²) in [4.78, 5) is 12.0. The molecule has 0 aliphatic carbocycles. The highest BCUT2D eigenvalue weighted by atomic mass is 16.6. The van der Waals surface area contributed by atoms with Gasteiger partial charge in [-0.2, -0.15) is 0 Å². The fourth-order valence-corrected chi connectivity index (χ4v) is 2.69. The normalized spacial score (nSPS) is 21.5. The van der Waals surface area contributed by atoms with Gasteiger partial charge < -0.3 is 20.1 Å². The fourth-order valence-electron chi connectivity index (χ4n) is 2.69. The van der Waals surface area contributed by atoms with Crippen LogP contribution in [0.3, 0.4) is 0 Å². The van der Waals surface area contributed by atoms with E-state index in [9.17, 15) is 4.79 Å². The third-order valence-corrected chi connectivity index (χ3v) is 3.53. The molecule has 5 nitrogen and oxygen atoms in total. The third-order valence-electron chi connectivity index (χ3n) is 3.53. The van der Waals surface area contributed by atoms with E-state index in [1.165, 1.54) is 0 Å². The van der Waals surface area contributed by atoms with Gasteiger partial charge in [0, 0.05) is 24.6 Å². The molecule has 2 atom stereocenters. The van der Waals surface area contributed by atoms with Gasteiger partial charge in [0.2, 0.25) is 0 Å². The van der Waals surface area contributed by atoms with Crippen molar-refractivity contribution in [1.29, 1.82) is 0 Å². The Hall–Kier alpha value is -1.75. The molecule has 0 bridgehead atoms. The molecule has 1 amide bonds. The number of hydrogen-bond acceptors (Lipinski definition) is 4. The lowest BCUT2D eigenvalue weighted by atomic mass is 9.93. The van der Waals surface area contributed by atoms with Crippen molar-refractivity contribution in [2.24, 2.45) is 0 Å². The van der Waals surface area contributed by atoms with Crippen molar-refractivity contribution in [1.82, 2.24) is 10.6 Å². The molecule has 2 N–H and O–H groups in total. The minimum Gasteiger partial charge on any atom is -0.494 e. The second-order valence-electron chi connectivity index (χ2n) is 6.49. The number of rotatable bonds is 4. The van der Waals surface area contributed by atoms with Gasteiger partial charge in [0.25, 0.3) is 0 Å². The van der Waals surface area contributed by atoms with Gasteiger partial charge in [-0.1, -0.05) is 18.2 Å². The lowest BCUT2D eigenvalue weighted by Crippen LogP contribution is -2.42. The smallest absolute Gasteiger partial charge is 0.407 e. The molecule has 0 aromatic heterocycles. The highest BCUT2D eigenvalue weighted by molar-refractivity contribution is 5.68. The quantitative estimate of drug-likeness (QED) is 0.898. The molecule has 0 saturated carbocycles. The Morgan fingerprint density at radius 1 is 1.32 bits per heavy atom. The van der Waals surface area contributed by atoms with Crippen LogP contribution in [0.5, 0.6) is 5.75 Å². The Labute approximate surface area is 132 Å². The van der Waals surface area contributed by atoms with Crippen LogP contribution in [0.15, 0.2) is 24.3 Å². The van der Waals surface area contributed by atoms with Gasteiger partial charge in [0.1, 0.15) is 11.4 Å². The Morgan fingerprint density at radius 3 is 2.73 bits per heavy atom. The first-order chi connectivity index (χ1) is 10.4. The lowest BCUT2D eigenvalue weighted by molar-refractivity contribution is 0.0504. The first kappa shape index (κ1) is 16.6. The predicted octanol–water partition coefficient (Wildman–Crippen LogP) is 2.67. The van der Waals surface area contributed by atoms with E-state index in [0.717, 1.165) is 24.4 Å². The van der Waals surface area contributed by atoms with Crippen LogP contribution in [0.2, 0.25) is 0 Å². The molecule has 5 heteroatoms. The predicted molar refractivity (Wildman–Crippen MR) is 86.4 cm³/mol. The van der Waals surface area contributed by atoms with Crippen molar-refractivity contribution in [3.05, 3.63) is 29.8 Å². The van der Waals surface area contributed by atoms with E-state index in [1.807, 2.05) is 45.9 Å². The number of carbonyl (C=O) groups is 1. The zero-order valence-corrected chi connectivity index (χ0v) is 13.8. The first-order valence-electron chi connectivity index (χ1n) is 7.82. The fraction of sp³-hybridized carbons (Fsp3) is 0.588. The van der Waals surface area contributed by atoms with E-state index in [-0.39, 0.29) is 18.1 Å². The van der Waals surface area contributed by atoms with Crippen LogP contribution in [0.4, 0.5) is 4.79 Å². The van der Waals surface area contributed by atoms with Crippen molar-refractivity contribution in [2.75, 3.05) is 19.7 Å². The second-order valence-corrected chi connectivity index (χ2v) is 6.49. The summed E-state index contributed by atoms with van der Waals surface area (Å²) < 4.78 is 11.1. The van der Waals surface area contributed by atoms with Gasteiger partial charge in [0.05, 0.1) is 12.6 Å². The molecule has 1 aromatic rings. The van der Waals surface area contributed by atoms with E-state index in [2.05, 4.69) is 16.7 Å². The van der Waals surface area contributed by atoms with Gasteiger partial charge in [-0.3, -0.25) is 0 Å². The molecule has 0 radical (unpaired) electrons. The third kappa shape index (κ3) is 4.37. The summed E-state index contributed by atoms with van der Waals surface area (Å²) >= 11 is 0. The molecule has 1 aliphatic heterocycles. The molecule has 1 heterocycles. The number of nitrogens with one attached hydrogen (secondary N) is 2. The molecule has 22 heavy (non-hydrogen) atoms. The number of alkyl carbamates (subject to hydrolysis) is 1. The van der Waals surface area contributed by atoms with Gasteiger partial charge >= 0.3 is 6.09 Å². The first-order valence-corrected chi connectivity index (χ1v) is 7.82. The summed E-state index contributed by atoms with van der Waals surface area (Å²) in [6, 6.07) is 8.00. The number of amides is 1. The van der Waals surface area contributed by atoms with Crippen molar-refractivity contribution in [3.63, 3.8) is 0 Å². The molecule has 1 saturated heterocycles. The van der Waals surface area contributed by atoms with Gasteiger partial charge in [-0.15, -0.1) is 0 Å². The summed E-state index contributed by atoms with van der Waals surface area (Å²) in [6.45, 7) is 9.72. The van der Waals surface area contributed by atoms with Crippen molar-refractivity contribution in [2.45, 2.75) is 45.3 Å². The summed E-state index contributed by atoms with van der Waals surface area (Å²) in [5.74, 6) is 1.06. The number of hydrogen-bond donors (Lipinski definition) is 2. The second kappa shape index (κ2) is 7.01. The van der Waals surface area contributed by atoms with Crippen LogP contribution in [0, 0.1) is 0 Å². The Balaban J connectivity index is 2.09. The summed E-state index contributed by atoms with van der Waals surface area (Å²) in [5, 5.41) is 6.31. The minimum absolute atomic E-state index is 0.00328. The highest BCUT2D eigenvalue weighted by Crippen LogP contribution is 2.31. The van der Waals surface area contributed by atoms with Gasteiger partial charge in [-0.25, -0.2) is 4.79 Å². The summed E-state index contributed by atoms with van der Waals surface area (Å²) in [6.07, 6.45) is -0.375. The van der Waals surface area contributed by atoms with E-state index in [0.29, 0.717) is 6.61 Å². The number of carbonyl (C=O) groups excluding carboxylic acids is 1. The SMILES string of the molecule is CCOc1ccccc1C1CNCC1NC(=O)OC(C)(C)C. The Bertz CT molecular complexity index is 511. The Morgan fingerprint density at radius 2 is 2.05 bits per heavy atom. The molecule has 0 spiro atoms. The zero-order valence-electron chi connectivity index (χ0n) is 13.8. The maximum atomic E-state index is 12.0. The average molecular weight is 306 g/mol. The van der Waals surface area contributed by atoms with E-state index in [1.54, 1.807) is 0 Å². The highest BCUT2D eigenvalue weighted by Gasteiger charge is 2.32. The maximum Gasteiger partial charge on any atom is 0.407 e.